The number of aryl methyl sites for hydroxylation is 1. The monoisotopic (exact) mass is 360 g/mol. The SMILES string of the molecule is CCc1cnc(OC2CCCN(C(=O)Nc3cccc(Cl)c3)C2)nc1. The molecule has 0 saturated carbocycles. The molecule has 1 N–H and O–H groups in total. The van der Waals surface area contributed by atoms with E-state index >= 15 is 0 Å². The number of carbonyl (C=O) groups excluding carboxylic acids is 1. The highest BCUT2D eigenvalue weighted by Gasteiger charge is 2.25. The first-order valence-electron chi connectivity index (χ1n) is 8.43. The number of benzene rings is 1. The first-order valence-corrected chi connectivity index (χ1v) is 8.81. The number of carbonyl (C=O) groups is 1. The second-order valence-electron chi connectivity index (χ2n) is 6.00. The largest absolute Gasteiger partial charge is 0.458 e. The van der Waals surface area contributed by atoms with Gasteiger partial charge in [0.05, 0.1) is 6.54 Å². The van der Waals surface area contributed by atoms with Gasteiger partial charge >= 0.3 is 12.0 Å². The highest BCUT2D eigenvalue weighted by molar-refractivity contribution is 6.30. The minimum absolute atomic E-state index is 0.105. The van der Waals surface area contributed by atoms with Gasteiger partial charge in [-0.25, -0.2) is 14.8 Å². The summed E-state index contributed by atoms with van der Waals surface area (Å²) in [5.74, 6) is 0. The van der Waals surface area contributed by atoms with Gasteiger partial charge in [-0.3, -0.25) is 0 Å². The van der Waals surface area contributed by atoms with Crippen molar-refractivity contribution in [2.24, 2.45) is 0 Å². The summed E-state index contributed by atoms with van der Waals surface area (Å²) in [7, 11) is 0. The zero-order valence-corrected chi connectivity index (χ0v) is 14.9. The molecule has 1 unspecified atom stereocenters. The zero-order valence-electron chi connectivity index (χ0n) is 14.1. The van der Waals surface area contributed by atoms with Crippen LogP contribution in [0.2, 0.25) is 5.02 Å². The van der Waals surface area contributed by atoms with Gasteiger partial charge in [-0.05, 0) is 43.0 Å². The summed E-state index contributed by atoms with van der Waals surface area (Å²) in [6.07, 6.45) is 6.08. The normalized spacial score (nSPS) is 17.2. The zero-order chi connectivity index (χ0) is 17.6. The van der Waals surface area contributed by atoms with Crippen molar-refractivity contribution in [1.29, 1.82) is 0 Å². The van der Waals surface area contributed by atoms with Crippen molar-refractivity contribution in [2.75, 3.05) is 18.4 Å². The van der Waals surface area contributed by atoms with Crippen molar-refractivity contribution in [1.82, 2.24) is 14.9 Å². The molecular weight excluding hydrogens is 340 g/mol. The highest BCUT2D eigenvalue weighted by Crippen LogP contribution is 2.18. The maximum Gasteiger partial charge on any atom is 0.321 e. The van der Waals surface area contributed by atoms with Gasteiger partial charge < -0.3 is 15.0 Å². The lowest BCUT2D eigenvalue weighted by atomic mass is 10.1. The standard InChI is InChI=1S/C18H21ClN4O2/c1-2-13-10-20-17(21-11-13)25-16-7-4-8-23(12-16)18(24)22-15-6-3-5-14(19)9-15/h3,5-6,9-11,16H,2,4,7-8,12H2,1H3,(H,22,24). The number of hydrogen-bond donors (Lipinski definition) is 1. The Kier molecular flexibility index (Phi) is 5.71. The third kappa shape index (κ3) is 4.82. The van der Waals surface area contributed by atoms with Gasteiger partial charge in [0.2, 0.25) is 0 Å². The van der Waals surface area contributed by atoms with Gasteiger partial charge in [-0.15, -0.1) is 0 Å². The van der Waals surface area contributed by atoms with Crippen LogP contribution < -0.4 is 10.1 Å². The van der Waals surface area contributed by atoms with E-state index in [2.05, 4.69) is 22.2 Å². The maximum atomic E-state index is 12.4. The summed E-state index contributed by atoms with van der Waals surface area (Å²) in [6, 6.07) is 7.31. The van der Waals surface area contributed by atoms with Gasteiger partial charge in [-0.2, -0.15) is 0 Å². The Bertz CT molecular complexity index is 723. The number of rotatable bonds is 4. The summed E-state index contributed by atoms with van der Waals surface area (Å²) in [5, 5.41) is 3.46. The van der Waals surface area contributed by atoms with Crippen LogP contribution in [0.3, 0.4) is 0 Å². The van der Waals surface area contributed by atoms with Crippen LogP contribution >= 0.6 is 11.6 Å². The number of ether oxygens (including phenoxy) is 1. The molecule has 1 saturated heterocycles. The van der Waals surface area contributed by atoms with Crippen LogP contribution in [0, 0.1) is 0 Å². The van der Waals surface area contributed by atoms with E-state index in [0.29, 0.717) is 29.8 Å². The lowest BCUT2D eigenvalue weighted by molar-refractivity contribution is 0.0982. The Labute approximate surface area is 152 Å². The number of nitrogens with one attached hydrogen (secondary N) is 1. The third-order valence-corrected chi connectivity index (χ3v) is 4.34. The van der Waals surface area contributed by atoms with Crippen molar-refractivity contribution in [3.05, 3.63) is 47.2 Å². The molecule has 6 nitrogen and oxygen atoms in total. The van der Waals surface area contributed by atoms with Gasteiger partial charge in [0.15, 0.2) is 0 Å². The average molecular weight is 361 g/mol. The highest BCUT2D eigenvalue weighted by atomic mass is 35.5. The van der Waals surface area contributed by atoms with Crippen LogP contribution in [-0.2, 0) is 6.42 Å². The van der Waals surface area contributed by atoms with Crippen molar-refractivity contribution >= 4 is 23.3 Å². The van der Waals surface area contributed by atoms with E-state index in [9.17, 15) is 4.79 Å². The van der Waals surface area contributed by atoms with E-state index in [-0.39, 0.29) is 12.1 Å². The molecule has 1 atom stereocenters. The fraction of sp³-hybridized carbons (Fsp3) is 0.389. The fourth-order valence-electron chi connectivity index (χ4n) is 2.72. The second-order valence-corrected chi connectivity index (χ2v) is 6.43. The van der Waals surface area contributed by atoms with Crippen LogP contribution in [0.15, 0.2) is 36.7 Å². The molecule has 1 aromatic heterocycles. The molecule has 1 aliphatic heterocycles. The molecule has 7 heteroatoms. The minimum atomic E-state index is -0.155. The van der Waals surface area contributed by atoms with E-state index < -0.39 is 0 Å². The van der Waals surface area contributed by atoms with E-state index in [1.165, 1.54) is 0 Å². The van der Waals surface area contributed by atoms with Crippen molar-refractivity contribution in [3.63, 3.8) is 0 Å². The van der Waals surface area contributed by atoms with Crippen LogP contribution in [0.1, 0.15) is 25.3 Å². The number of nitrogens with zero attached hydrogens (tertiary/aromatic N) is 3. The van der Waals surface area contributed by atoms with Crippen molar-refractivity contribution in [3.8, 4) is 6.01 Å². The average Bonchev–Trinajstić information content (AvgIpc) is 2.62. The summed E-state index contributed by atoms with van der Waals surface area (Å²) in [5.41, 5.74) is 1.75. The summed E-state index contributed by atoms with van der Waals surface area (Å²) < 4.78 is 5.84. The Balaban J connectivity index is 1.57. The molecule has 1 aromatic carbocycles. The maximum absolute atomic E-state index is 12.4. The number of hydrogen-bond acceptors (Lipinski definition) is 4. The molecule has 132 valence electrons. The Morgan fingerprint density at radius 2 is 2.20 bits per heavy atom. The lowest BCUT2D eigenvalue weighted by Crippen LogP contribution is -2.46. The number of aromatic nitrogens is 2. The third-order valence-electron chi connectivity index (χ3n) is 4.10. The minimum Gasteiger partial charge on any atom is -0.458 e. The Morgan fingerprint density at radius 1 is 1.40 bits per heavy atom. The molecule has 1 fully saturated rings. The first kappa shape index (κ1) is 17.5. The molecule has 3 rings (SSSR count). The number of anilines is 1. The molecular formula is C18H21ClN4O2. The number of halogens is 1. The number of piperidine rings is 1. The predicted molar refractivity (Wildman–Crippen MR) is 97.1 cm³/mol. The predicted octanol–water partition coefficient (Wildman–Crippen LogP) is 3.77. The van der Waals surface area contributed by atoms with E-state index in [1.54, 1.807) is 35.5 Å². The number of urea groups is 1. The smallest absolute Gasteiger partial charge is 0.321 e. The first-order chi connectivity index (χ1) is 12.1. The number of amides is 2. The molecule has 0 radical (unpaired) electrons. The lowest BCUT2D eigenvalue weighted by Gasteiger charge is -2.32. The summed E-state index contributed by atoms with van der Waals surface area (Å²) in [4.78, 5) is 22.6. The molecule has 25 heavy (non-hydrogen) atoms. The van der Waals surface area contributed by atoms with Crippen LogP contribution in [0.5, 0.6) is 6.01 Å². The molecule has 0 aliphatic carbocycles. The topological polar surface area (TPSA) is 67.3 Å². The van der Waals surface area contributed by atoms with E-state index in [4.69, 9.17) is 16.3 Å². The molecule has 0 bridgehead atoms. The second kappa shape index (κ2) is 8.16. The molecule has 2 heterocycles. The van der Waals surface area contributed by atoms with Gasteiger partial charge in [0.1, 0.15) is 6.10 Å². The van der Waals surface area contributed by atoms with Crippen LogP contribution in [0.4, 0.5) is 10.5 Å². The molecule has 1 aliphatic rings. The van der Waals surface area contributed by atoms with Crippen molar-refractivity contribution < 1.29 is 9.53 Å². The van der Waals surface area contributed by atoms with Crippen molar-refractivity contribution in [2.45, 2.75) is 32.3 Å². The molecule has 0 spiro atoms. The molecule has 2 amide bonds. The Hall–Kier alpha value is -2.34. The summed E-state index contributed by atoms with van der Waals surface area (Å²) >= 11 is 5.95. The Morgan fingerprint density at radius 3 is 2.92 bits per heavy atom. The number of likely N-dealkylation sites (tertiary alicyclic amines) is 1. The quantitative estimate of drug-likeness (QED) is 0.901. The van der Waals surface area contributed by atoms with Gasteiger partial charge in [0, 0.05) is 29.6 Å². The fourth-order valence-corrected chi connectivity index (χ4v) is 2.91. The van der Waals surface area contributed by atoms with E-state index in [0.717, 1.165) is 24.8 Å². The van der Waals surface area contributed by atoms with Gasteiger partial charge in [0.25, 0.3) is 0 Å². The van der Waals surface area contributed by atoms with E-state index in [1.807, 2.05) is 6.07 Å². The van der Waals surface area contributed by atoms with Crippen LogP contribution in [-0.4, -0.2) is 40.1 Å². The van der Waals surface area contributed by atoms with Crippen LogP contribution in [0.25, 0.3) is 0 Å². The summed E-state index contributed by atoms with van der Waals surface area (Å²) in [6.45, 7) is 3.25. The van der Waals surface area contributed by atoms with Gasteiger partial charge in [-0.1, -0.05) is 24.6 Å². The molecule has 2 aromatic rings.